The number of carbonyl (C=O) groups is 1. The molecule has 2 aliphatic rings. The number of ether oxygens (including phenoxy) is 1. The van der Waals surface area contributed by atoms with E-state index in [0.29, 0.717) is 24.3 Å². The molecule has 0 aliphatic carbocycles. The standard InChI is InChI=1S/C20H26N2O2/c1-3-13-12-22-9-8-16-15-6-4-5-7-17(15)21-20(16)18(22)10-14(13)11-19(23)24-2/h4-7,13-14,18,21H,3,8-12H2,1-2H3/t13-,14+,18+/m0/s1. The van der Waals surface area contributed by atoms with Gasteiger partial charge in [-0.15, -0.1) is 0 Å². The average molecular weight is 326 g/mol. The molecule has 3 atom stereocenters. The molecule has 1 aromatic carbocycles. The molecule has 0 unspecified atom stereocenters. The number of fused-ring (bicyclic) bond motifs is 5. The number of H-pyrrole nitrogens is 1. The molecule has 0 spiro atoms. The number of aromatic amines is 1. The van der Waals surface area contributed by atoms with E-state index in [4.69, 9.17) is 4.74 Å². The summed E-state index contributed by atoms with van der Waals surface area (Å²) >= 11 is 0. The molecular weight excluding hydrogens is 300 g/mol. The van der Waals surface area contributed by atoms with Gasteiger partial charge in [0.05, 0.1) is 13.2 Å². The van der Waals surface area contributed by atoms with Crippen molar-refractivity contribution in [1.29, 1.82) is 0 Å². The fourth-order valence-electron chi connectivity index (χ4n) is 4.79. The van der Waals surface area contributed by atoms with Gasteiger partial charge < -0.3 is 9.72 Å². The van der Waals surface area contributed by atoms with Gasteiger partial charge in [0.2, 0.25) is 0 Å². The number of aromatic nitrogens is 1. The Morgan fingerprint density at radius 2 is 2.17 bits per heavy atom. The first-order chi connectivity index (χ1) is 11.7. The van der Waals surface area contributed by atoms with Gasteiger partial charge in [0.1, 0.15) is 0 Å². The summed E-state index contributed by atoms with van der Waals surface area (Å²) in [6.07, 6.45) is 3.85. The topological polar surface area (TPSA) is 45.3 Å². The summed E-state index contributed by atoms with van der Waals surface area (Å²) in [6, 6.07) is 9.02. The van der Waals surface area contributed by atoms with Crippen molar-refractivity contribution in [2.24, 2.45) is 11.8 Å². The summed E-state index contributed by atoms with van der Waals surface area (Å²) in [6.45, 7) is 4.46. The van der Waals surface area contributed by atoms with Crippen LogP contribution in [0.5, 0.6) is 0 Å². The van der Waals surface area contributed by atoms with Crippen LogP contribution in [0.3, 0.4) is 0 Å². The van der Waals surface area contributed by atoms with Gasteiger partial charge in [0.25, 0.3) is 0 Å². The van der Waals surface area contributed by atoms with Crippen LogP contribution < -0.4 is 0 Å². The maximum absolute atomic E-state index is 11.8. The molecule has 3 heterocycles. The minimum atomic E-state index is -0.0698. The second kappa shape index (κ2) is 6.25. The van der Waals surface area contributed by atoms with Crippen molar-refractivity contribution in [3.63, 3.8) is 0 Å². The number of benzene rings is 1. The maximum Gasteiger partial charge on any atom is 0.305 e. The molecule has 0 radical (unpaired) electrons. The Kier molecular flexibility index (Phi) is 4.09. The first kappa shape index (κ1) is 15.7. The Morgan fingerprint density at radius 1 is 1.33 bits per heavy atom. The van der Waals surface area contributed by atoms with Gasteiger partial charge in [0, 0.05) is 36.1 Å². The van der Waals surface area contributed by atoms with Crippen molar-refractivity contribution < 1.29 is 9.53 Å². The number of hydrogen-bond acceptors (Lipinski definition) is 3. The van der Waals surface area contributed by atoms with Gasteiger partial charge >= 0.3 is 5.97 Å². The molecule has 1 saturated heterocycles. The first-order valence-electron chi connectivity index (χ1n) is 9.11. The van der Waals surface area contributed by atoms with Crippen LogP contribution in [-0.4, -0.2) is 36.1 Å². The summed E-state index contributed by atoms with van der Waals surface area (Å²) in [5.41, 5.74) is 4.11. The number of rotatable bonds is 3. The van der Waals surface area contributed by atoms with Gasteiger partial charge in [-0.25, -0.2) is 0 Å². The zero-order valence-electron chi connectivity index (χ0n) is 14.5. The molecule has 1 N–H and O–H groups in total. The molecule has 4 heteroatoms. The molecule has 0 bridgehead atoms. The van der Waals surface area contributed by atoms with E-state index in [0.717, 1.165) is 32.4 Å². The van der Waals surface area contributed by atoms with Crippen molar-refractivity contribution in [3.05, 3.63) is 35.5 Å². The molecule has 128 valence electrons. The third kappa shape index (κ3) is 2.53. The SMILES string of the molecule is CC[C@H]1CN2CCc3c([nH]c4ccccc34)[C@H]2C[C@@H]1CC(=O)OC. The van der Waals surface area contributed by atoms with Crippen molar-refractivity contribution in [2.45, 2.75) is 38.6 Å². The molecule has 0 saturated carbocycles. The van der Waals surface area contributed by atoms with Gasteiger partial charge in [0.15, 0.2) is 0 Å². The Labute approximate surface area is 143 Å². The Morgan fingerprint density at radius 3 is 2.96 bits per heavy atom. The van der Waals surface area contributed by atoms with Gasteiger partial charge in [-0.2, -0.15) is 0 Å². The van der Waals surface area contributed by atoms with Crippen molar-refractivity contribution >= 4 is 16.9 Å². The maximum atomic E-state index is 11.8. The summed E-state index contributed by atoms with van der Waals surface area (Å²) in [4.78, 5) is 18.1. The number of carbonyl (C=O) groups excluding carboxylic acids is 1. The van der Waals surface area contributed by atoms with Crippen LogP contribution in [0.15, 0.2) is 24.3 Å². The second-order valence-electron chi connectivity index (χ2n) is 7.27. The smallest absolute Gasteiger partial charge is 0.305 e. The highest BCUT2D eigenvalue weighted by Crippen LogP contribution is 2.44. The lowest BCUT2D eigenvalue weighted by molar-refractivity contribution is -0.143. The highest BCUT2D eigenvalue weighted by Gasteiger charge is 2.40. The highest BCUT2D eigenvalue weighted by molar-refractivity contribution is 5.85. The Bertz CT molecular complexity index is 751. The summed E-state index contributed by atoms with van der Waals surface area (Å²) < 4.78 is 4.94. The van der Waals surface area contributed by atoms with E-state index in [-0.39, 0.29) is 5.97 Å². The van der Waals surface area contributed by atoms with Crippen LogP contribution in [0.1, 0.15) is 43.5 Å². The number of para-hydroxylation sites is 1. The third-order valence-electron chi connectivity index (χ3n) is 6.11. The normalized spacial score (nSPS) is 26.8. The Hall–Kier alpha value is -1.81. The van der Waals surface area contributed by atoms with Crippen LogP contribution in [0.4, 0.5) is 0 Å². The number of nitrogens with zero attached hydrogens (tertiary/aromatic N) is 1. The number of methoxy groups -OCH3 is 1. The van der Waals surface area contributed by atoms with E-state index in [1.807, 2.05) is 0 Å². The predicted octanol–water partition coefficient (Wildman–Crippen LogP) is 3.68. The van der Waals surface area contributed by atoms with Crippen LogP contribution in [0.25, 0.3) is 10.9 Å². The monoisotopic (exact) mass is 326 g/mol. The zero-order valence-corrected chi connectivity index (χ0v) is 14.5. The predicted molar refractivity (Wildman–Crippen MR) is 94.8 cm³/mol. The van der Waals surface area contributed by atoms with E-state index in [2.05, 4.69) is 41.1 Å². The summed E-state index contributed by atoms with van der Waals surface area (Å²) in [7, 11) is 1.49. The van der Waals surface area contributed by atoms with Crippen LogP contribution >= 0.6 is 0 Å². The van der Waals surface area contributed by atoms with E-state index in [1.54, 1.807) is 0 Å². The largest absolute Gasteiger partial charge is 0.469 e. The van der Waals surface area contributed by atoms with Crippen molar-refractivity contribution in [1.82, 2.24) is 9.88 Å². The quantitative estimate of drug-likeness (QED) is 0.875. The fraction of sp³-hybridized carbons (Fsp3) is 0.550. The molecule has 1 aromatic heterocycles. The van der Waals surface area contributed by atoms with E-state index >= 15 is 0 Å². The van der Waals surface area contributed by atoms with Crippen LogP contribution in [0, 0.1) is 11.8 Å². The number of esters is 1. The second-order valence-corrected chi connectivity index (χ2v) is 7.27. The molecule has 2 aliphatic heterocycles. The fourth-order valence-corrected chi connectivity index (χ4v) is 4.79. The lowest BCUT2D eigenvalue weighted by atomic mass is 9.76. The number of piperidine rings is 1. The lowest BCUT2D eigenvalue weighted by Crippen LogP contribution is -2.46. The van der Waals surface area contributed by atoms with Crippen LogP contribution in [0.2, 0.25) is 0 Å². The highest BCUT2D eigenvalue weighted by atomic mass is 16.5. The minimum Gasteiger partial charge on any atom is -0.469 e. The molecular formula is C20H26N2O2. The van der Waals surface area contributed by atoms with Gasteiger partial charge in [-0.3, -0.25) is 9.69 Å². The zero-order chi connectivity index (χ0) is 16.7. The summed E-state index contributed by atoms with van der Waals surface area (Å²) in [5, 5.41) is 1.37. The van der Waals surface area contributed by atoms with E-state index < -0.39 is 0 Å². The number of nitrogens with one attached hydrogen (secondary N) is 1. The molecule has 4 nitrogen and oxygen atoms in total. The molecule has 1 fully saturated rings. The molecule has 24 heavy (non-hydrogen) atoms. The lowest BCUT2D eigenvalue weighted by Gasteiger charge is -2.46. The van der Waals surface area contributed by atoms with Crippen molar-refractivity contribution in [3.8, 4) is 0 Å². The van der Waals surface area contributed by atoms with Gasteiger partial charge in [-0.1, -0.05) is 31.5 Å². The van der Waals surface area contributed by atoms with E-state index in [9.17, 15) is 4.79 Å². The third-order valence-corrected chi connectivity index (χ3v) is 6.11. The average Bonchev–Trinajstić information content (AvgIpc) is 3.00. The van der Waals surface area contributed by atoms with Gasteiger partial charge in [-0.05, 0) is 36.3 Å². The van der Waals surface area contributed by atoms with Crippen LogP contribution in [-0.2, 0) is 16.0 Å². The molecule has 0 amide bonds. The Balaban J connectivity index is 1.67. The molecule has 2 aromatic rings. The first-order valence-corrected chi connectivity index (χ1v) is 9.11. The number of hydrogen-bond donors (Lipinski definition) is 1. The summed E-state index contributed by atoms with van der Waals surface area (Å²) in [5.74, 6) is 0.937. The van der Waals surface area contributed by atoms with Crippen molar-refractivity contribution in [2.75, 3.05) is 20.2 Å². The minimum absolute atomic E-state index is 0.0698. The molecule has 4 rings (SSSR count). The van der Waals surface area contributed by atoms with E-state index in [1.165, 1.54) is 29.3 Å².